The molecule has 2 aliphatic rings. The van der Waals surface area contributed by atoms with Gasteiger partial charge in [0.2, 0.25) is 5.91 Å². The number of aryl methyl sites for hydroxylation is 2. The molecule has 0 radical (unpaired) electrons. The molecule has 5 nitrogen and oxygen atoms in total. The second-order valence-electron chi connectivity index (χ2n) is 6.85. The zero-order valence-electron chi connectivity index (χ0n) is 14.5. The maximum absolute atomic E-state index is 12.4. The summed E-state index contributed by atoms with van der Waals surface area (Å²) in [4.78, 5) is 36.3. The third-order valence-corrected chi connectivity index (χ3v) is 5.16. The fourth-order valence-electron chi connectivity index (χ4n) is 3.59. The van der Waals surface area contributed by atoms with Crippen LogP contribution in [0.4, 0.5) is 5.69 Å². The Morgan fingerprint density at radius 1 is 1.08 bits per heavy atom. The molecule has 0 bridgehead atoms. The number of rotatable bonds is 4. The number of ketones is 1. The second kappa shape index (κ2) is 6.41. The Morgan fingerprint density at radius 2 is 1.85 bits per heavy atom. The molecule has 1 aliphatic carbocycles. The highest BCUT2D eigenvalue weighted by Gasteiger charge is 2.27. The maximum atomic E-state index is 12.4. The van der Waals surface area contributed by atoms with Crippen LogP contribution in [-0.2, 0) is 22.4 Å². The predicted molar refractivity (Wildman–Crippen MR) is 96.6 cm³/mol. The van der Waals surface area contributed by atoms with E-state index in [1.165, 1.54) is 11.1 Å². The third kappa shape index (κ3) is 2.90. The Hall–Kier alpha value is -2.95. The minimum Gasteiger partial charge on any atom is -0.454 e. The molecule has 1 heterocycles. The van der Waals surface area contributed by atoms with Gasteiger partial charge in [-0.3, -0.25) is 9.59 Å². The lowest BCUT2D eigenvalue weighted by molar-refractivity contribution is -0.116. The summed E-state index contributed by atoms with van der Waals surface area (Å²) in [5.74, 6) is -1.13. The normalized spacial score (nSPS) is 17.4. The monoisotopic (exact) mass is 349 g/mol. The molecule has 1 atom stereocenters. The van der Waals surface area contributed by atoms with Crippen molar-refractivity contribution in [1.29, 1.82) is 0 Å². The van der Waals surface area contributed by atoms with Gasteiger partial charge >= 0.3 is 5.97 Å². The third-order valence-electron chi connectivity index (χ3n) is 5.16. The Labute approximate surface area is 151 Å². The van der Waals surface area contributed by atoms with E-state index < -0.39 is 5.97 Å². The van der Waals surface area contributed by atoms with Crippen molar-refractivity contribution < 1.29 is 19.1 Å². The molecule has 1 amide bonds. The molecule has 0 unspecified atom stereocenters. The van der Waals surface area contributed by atoms with E-state index in [1.54, 1.807) is 31.2 Å². The second-order valence-corrected chi connectivity index (χ2v) is 6.85. The number of Topliss-reactive ketones (excluding diaryl/α,β-unsaturated/α-hetero) is 1. The van der Waals surface area contributed by atoms with Crippen molar-refractivity contribution in [2.45, 2.75) is 32.1 Å². The SMILES string of the molecule is C[C@H]1C(=O)Nc2ccc(C(=O)COC(=O)c3ccc4c(c3)CCC4)cc21. The van der Waals surface area contributed by atoms with Crippen molar-refractivity contribution in [3.8, 4) is 0 Å². The Bertz CT molecular complexity index is 932. The Kier molecular flexibility index (Phi) is 4.07. The maximum Gasteiger partial charge on any atom is 0.338 e. The van der Waals surface area contributed by atoms with Gasteiger partial charge in [0.15, 0.2) is 12.4 Å². The summed E-state index contributed by atoms with van der Waals surface area (Å²) < 4.78 is 5.20. The van der Waals surface area contributed by atoms with Gasteiger partial charge < -0.3 is 10.1 Å². The molecule has 1 aliphatic heterocycles. The number of benzene rings is 2. The van der Waals surface area contributed by atoms with Crippen LogP contribution >= 0.6 is 0 Å². The van der Waals surface area contributed by atoms with Crippen molar-refractivity contribution in [2.24, 2.45) is 0 Å². The molecule has 4 rings (SSSR count). The highest BCUT2D eigenvalue weighted by atomic mass is 16.5. The Balaban J connectivity index is 1.43. The first-order chi connectivity index (χ1) is 12.5. The fourth-order valence-corrected chi connectivity index (χ4v) is 3.59. The molecule has 2 aromatic rings. The van der Waals surface area contributed by atoms with Crippen molar-refractivity contribution in [3.05, 3.63) is 64.2 Å². The molecule has 0 saturated heterocycles. The molecule has 132 valence electrons. The van der Waals surface area contributed by atoms with E-state index >= 15 is 0 Å². The lowest BCUT2D eigenvalue weighted by Crippen LogP contribution is -2.14. The smallest absolute Gasteiger partial charge is 0.338 e. The van der Waals surface area contributed by atoms with Crippen LogP contribution in [0.1, 0.15) is 56.7 Å². The van der Waals surface area contributed by atoms with E-state index in [-0.39, 0.29) is 24.2 Å². The number of hydrogen-bond acceptors (Lipinski definition) is 4. The average molecular weight is 349 g/mol. The molecule has 0 aromatic heterocycles. The van der Waals surface area contributed by atoms with Gasteiger partial charge in [0.05, 0.1) is 11.5 Å². The van der Waals surface area contributed by atoms with Gasteiger partial charge in [-0.1, -0.05) is 6.07 Å². The summed E-state index contributed by atoms with van der Waals surface area (Å²) in [6.45, 7) is 1.48. The van der Waals surface area contributed by atoms with Crippen molar-refractivity contribution in [3.63, 3.8) is 0 Å². The molecule has 0 fully saturated rings. The van der Waals surface area contributed by atoms with E-state index in [2.05, 4.69) is 5.32 Å². The molecular weight excluding hydrogens is 330 g/mol. The van der Waals surface area contributed by atoms with Crippen molar-refractivity contribution in [1.82, 2.24) is 0 Å². The minimum absolute atomic E-state index is 0.0763. The molecule has 2 aromatic carbocycles. The summed E-state index contributed by atoms with van der Waals surface area (Å²) in [5, 5.41) is 2.77. The van der Waals surface area contributed by atoms with Gasteiger partial charge in [0.1, 0.15) is 0 Å². The van der Waals surface area contributed by atoms with Crippen LogP contribution in [0.15, 0.2) is 36.4 Å². The van der Waals surface area contributed by atoms with E-state index in [4.69, 9.17) is 4.74 Å². The van der Waals surface area contributed by atoms with Crippen molar-refractivity contribution in [2.75, 3.05) is 11.9 Å². The van der Waals surface area contributed by atoms with Crippen LogP contribution in [-0.4, -0.2) is 24.3 Å². The predicted octanol–water partition coefficient (Wildman–Crippen LogP) is 3.27. The van der Waals surface area contributed by atoms with Gasteiger partial charge in [-0.25, -0.2) is 4.79 Å². The van der Waals surface area contributed by atoms with Gasteiger partial charge in [0.25, 0.3) is 0 Å². The van der Waals surface area contributed by atoms with E-state index in [1.807, 2.05) is 12.1 Å². The van der Waals surface area contributed by atoms with Crippen molar-refractivity contribution >= 4 is 23.3 Å². The highest BCUT2D eigenvalue weighted by molar-refractivity contribution is 6.05. The quantitative estimate of drug-likeness (QED) is 0.679. The summed E-state index contributed by atoms with van der Waals surface area (Å²) in [5.41, 5.74) is 4.92. The minimum atomic E-state index is -0.487. The molecule has 5 heteroatoms. The molecule has 1 N–H and O–H groups in total. The number of ether oxygens (including phenoxy) is 1. The largest absolute Gasteiger partial charge is 0.454 e. The molecule has 0 spiro atoms. The lowest BCUT2D eigenvalue weighted by Gasteiger charge is -2.08. The van der Waals surface area contributed by atoms with E-state index in [0.29, 0.717) is 11.1 Å². The lowest BCUT2D eigenvalue weighted by atomic mass is 9.99. The number of fused-ring (bicyclic) bond motifs is 2. The van der Waals surface area contributed by atoms with Gasteiger partial charge in [-0.15, -0.1) is 0 Å². The van der Waals surface area contributed by atoms with Crippen LogP contribution in [0.5, 0.6) is 0 Å². The molecule has 0 saturated carbocycles. The molecule has 26 heavy (non-hydrogen) atoms. The number of hydrogen-bond donors (Lipinski definition) is 1. The van der Waals surface area contributed by atoms with Crippen LogP contribution in [0.25, 0.3) is 0 Å². The van der Waals surface area contributed by atoms with Gasteiger partial charge in [-0.05, 0) is 73.2 Å². The Morgan fingerprint density at radius 3 is 2.69 bits per heavy atom. The first kappa shape index (κ1) is 16.5. The zero-order valence-corrected chi connectivity index (χ0v) is 14.5. The summed E-state index contributed by atoms with van der Waals surface area (Å²) in [7, 11) is 0. The van der Waals surface area contributed by atoms with Crippen LogP contribution in [0.2, 0.25) is 0 Å². The number of amides is 1. The summed E-state index contributed by atoms with van der Waals surface area (Å²) in [6, 6.07) is 10.6. The number of nitrogens with one attached hydrogen (secondary N) is 1. The van der Waals surface area contributed by atoms with E-state index in [9.17, 15) is 14.4 Å². The number of esters is 1. The standard InChI is InChI=1S/C21H19NO4/c1-12-17-10-15(7-8-18(17)22-20(12)24)19(23)11-26-21(25)16-6-5-13-3-2-4-14(13)9-16/h5-10,12H,2-4,11H2,1H3,(H,22,24)/t12-/m1/s1. The van der Waals surface area contributed by atoms with Gasteiger partial charge in [-0.2, -0.15) is 0 Å². The van der Waals surface area contributed by atoms with E-state index in [0.717, 1.165) is 30.5 Å². The average Bonchev–Trinajstić information content (AvgIpc) is 3.23. The first-order valence-corrected chi connectivity index (χ1v) is 8.80. The summed E-state index contributed by atoms with van der Waals surface area (Å²) in [6.07, 6.45) is 3.15. The topological polar surface area (TPSA) is 72.5 Å². The number of anilines is 1. The zero-order chi connectivity index (χ0) is 18.3. The van der Waals surface area contributed by atoms with Crippen LogP contribution < -0.4 is 5.32 Å². The van der Waals surface area contributed by atoms with Crippen LogP contribution in [0, 0.1) is 0 Å². The summed E-state index contributed by atoms with van der Waals surface area (Å²) >= 11 is 0. The fraction of sp³-hybridized carbons (Fsp3) is 0.286. The van der Waals surface area contributed by atoms with Crippen LogP contribution in [0.3, 0.4) is 0 Å². The number of carbonyl (C=O) groups excluding carboxylic acids is 3. The molecular formula is C21H19NO4. The van der Waals surface area contributed by atoms with Gasteiger partial charge in [0, 0.05) is 11.3 Å². The first-order valence-electron chi connectivity index (χ1n) is 8.80. The highest BCUT2D eigenvalue weighted by Crippen LogP contribution is 2.32. The number of carbonyl (C=O) groups is 3.